The number of nitrogen functional groups attached to an aromatic ring is 1. The summed E-state index contributed by atoms with van der Waals surface area (Å²) in [6, 6.07) is 12.9. The summed E-state index contributed by atoms with van der Waals surface area (Å²) in [5, 5.41) is 5.12. The van der Waals surface area contributed by atoms with Gasteiger partial charge in [0.1, 0.15) is 44.4 Å². The number of aromatic nitrogens is 4. The van der Waals surface area contributed by atoms with E-state index in [9.17, 15) is 9.18 Å². The molecule has 0 bridgehead atoms. The van der Waals surface area contributed by atoms with Gasteiger partial charge in [0.15, 0.2) is 5.65 Å². The summed E-state index contributed by atoms with van der Waals surface area (Å²) in [4.78, 5) is 21.8. The van der Waals surface area contributed by atoms with E-state index >= 15 is 0 Å². The zero-order valence-electron chi connectivity index (χ0n) is 16.2. The fraction of sp³-hybridized carbons (Fsp3) is 0.0909. The van der Waals surface area contributed by atoms with Crippen LogP contribution in [0.5, 0.6) is 0 Å². The molecule has 7 nitrogen and oxygen atoms in total. The second-order valence-electron chi connectivity index (χ2n) is 7.02. The monoisotopic (exact) mass is 527 g/mol. The van der Waals surface area contributed by atoms with Gasteiger partial charge in [-0.15, -0.1) is 0 Å². The quantitative estimate of drug-likeness (QED) is 0.346. The first kappa shape index (κ1) is 19.6. The molecule has 0 aliphatic carbocycles. The van der Waals surface area contributed by atoms with Crippen molar-refractivity contribution in [2.24, 2.45) is 0 Å². The maximum absolute atomic E-state index is 14.5. The minimum absolute atomic E-state index is 0.0798. The summed E-state index contributed by atoms with van der Waals surface area (Å²) < 4.78 is 23.0. The zero-order chi connectivity index (χ0) is 21.7. The summed E-state index contributed by atoms with van der Waals surface area (Å²) >= 11 is 2.07. The van der Waals surface area contributed by atoms with Crippen molar-refractivity contribution in [1.82, 2.24) is 19.7 Å². The van der Waals surface area contributed by atoms with Crippen molar-refractivity contribution in [1.29, 1.82) is 0 Å². The fourth-order valence-electron chi connectivity index (χ4n) is 3.72. The van der Waals surface area contributed by atoms with Crippen LogP contribution in [0.25, 0.3) is 33.1 Å². The molecule has 1 atom stereocenters. The van der Waals surface area contributed by atoms with Crippen LogP contribution >= 0.6 is 22.6 Å². The zero-order valence-corrected chi connectivity index (χ0v) is 18.4. The van der Waals surface area contributed by atoms with Crippen molar-refractivity contribution in [2.45, 2.75) is 13.0 Å². The van der Waals surface area contributed by atoms with Crippen LogP contribution < -0.4 is 11.2 Å². The van der Waals surface area contributed by atoms with Gasteiger partial charge in [-0.1, -0.05) is 36.4 Å². The number of hydrogen-bond donors (Lipinski definition) is 1. The van der Waals surface area contributed by atoms with Crippen molar-refractivity contribution in [2.75, 3.05) is 5.73 Å². The third-order valence-electron chi connectivity index (χ3n) is 5.18. The summed E-state index contributed by atoms with van der Waals surface area (Å²) in [7, 11) is 0. The number of halogens is 2. The van der Waals surface area contributed by atoms with E-state index in [1.165, 1.54) is 18.5 Å². The Morgan fingerprint density at radius 1 is 1.10 bits per heavy atom. The Morgan fingerprint density at radius 2 is 1.87 bits per heavy atom. The van der Waals surface area contributed by atoms with Crippen molar-refractivity contribution >= 4 is 50.4 Å². The van der Waals surface area contributed by atoms with Crippen molar-refractivity contribution < 1.29 is 8.81 Å². The molecule has 2 aromatic carbocycles. The molecule has 1 unspecified atom stereocenters. The van der Waals surface area contributed by atoms with Gasteiger partial charge in [0, 0.05) is 0 Å². The third kappa shape index (κ3) is 3.07. The van der Waals surface area contributed by atoms with Crippen LogP contribution in [0.4, 0.5) is 10.2 Å². The molecule has 9 heteroatoms. The standard InChI is InChI=1S/C22H15FIN5O2/c1-11(29-22-17(20(24)28-29)21(25)26-10-27-22)19-15(12-6-3-2-4-7-12)18(30)16-13(23)8-5-9-14(16)31-19/h2-11H,1H3,(H2,25,26,27). The smallest absolute Gasteiger partial charge is 0.203 e. The highest BCUT2D eigenvalue weighted by Gasteiger charge is 2.26. The maximum Gasteiger partial charge on any atom is 0.203 e. The number of rotatable bonds is 3. The van der Waals surface area contributed by atoms with Crippen molar-refractivity contribution in [3.05, 3.63) is 80.4 Å². The van der Waals surface area contributed by atoms with Crippen LogP contribution in [-0.4, -0.2) is 19.7 Å². The second kappa shape index (κ2) is 7.41. The number of anilines is 1. The van der Waals surface area contributed by atoms with Gasteiger partial charge in [-0.25, -0.2) is 19.0 Å². The number of nitrogens with two attached hydrogens (primary N) is 1. The fourth-order valence-corrected chi connectivity index (χ4v) is 4.47. The van der Waals surface area contributed by atoms with Gasteiger partial charge in [0.25, 0.3) is 0 Å². The van der Waals surface area contributed by atoms with E-state index < -0.39 is 17.3 Å². The Balaban J connectivity index is 1.85. The maximum atomic E-state index is 14.5. The molecular weight excluding hydrogens is 512 g/mol. The molecule has 0 fully saturated rings. The molecule has 0 aliphatic heterocycles. The molecule has 3 heterocycles. The average molecular weight is 527 g/mol. The van der Waals surface area contributed by atoms with E-state index in [1.807, 2.05) is 25.1 Å². The minimum Gasteiger partial charge on any atom is -0.458 e. The lowest BCUT2D eigenvalue weighted by atomic mass is 9.99. The van der Waals surface area contributed by atoms with Gasteiger partial charge in [-0.05, 0) is 47.2 Å². The predicted octanol–water partition coefficient (Wildman–Crippen LogP) is 4.53. The second-order valence-corrected chi connectivity index (χ2v) is 8.04. The van der Waals surface area contributed by atoms with E-state index in [-0.39, 0.29) is 16.5 Å². The number of nitrogens with zero attached hydrogens (tertiary/aromatic N) is 4. The average Bonchev–Trinajstić information content (AvgIpc) is 3.11. The number of fused-ring (bicyclic) bond motifs is 2. The van der Waals surface area contributed by atoms with Crippen molar-refractivity contribution in [3.8, 4) is 11.1 Å². The van der Waals surface area contributed by atoms with Gasteiger partial charge in [-0.2, -0.15) is 5.10 Å². The number of hydrogen-bond acceptors (Lipinski definition) is 6. The lowest BCUT2D eigenvalue weighted by molar-refractivity contribution is 0.443. The van der Waals surface area contributed by atoms with E-state index in [1.54, 1.807) is 22.9 Å². The first-order chi connectivity index (χ1) is 15.0. The Bertz CT molecular complexity index is 1510. The Labute approximate surface area is 188 Å². The molecule has 5 aromatic rings. The first-order valence-electron chi connectivity index (χ1n) is 9.42. The van der Waals surface area contributed by atoms with Gasteiger partial charge in [0.2, 0.25) is 5.43 Å². The predicted molar refractivity (Wildman–Crippen MR) is 124 cm³/mol. The Morgan fingerprint density at radius 3 is 2.65 bits per heavy atom. The third-order valence-corrected chi connectivity index (χ3v) is 5.94. The van der Waals surface area contributed by atoms with Gasteiger partial charge < -0.3 is 10.2 Å². The normalized spacial score (nSPS) is 12.5. The van der Waals surface area contributed by atoms with Crippen LogP contribution in [0.3, 0.4) is 0 Å². The van der Waals surface area contributed by atoms with E-state index in [0.29, 0.717) is 31.9 Å². The highest BCUT2D eigenvalue weighted by molar-refractivity contribution is 14.1. The molecule has 0 radical (unpaired) electrons. The molecule has 3 aromatic heterocycles. The Kier molecular flexibility index (Phi) is 4.69. The molecule has 31 heavy (non-hydrogen) atoms. The topological polar surface area (TPSA) is 99.8 Å². The molecule has 154 valence electrons. The molecule has 2 N–H and O–H groups in total. The molecule has 0 spiro atoms. The molecule has 0 amide bonds. The lowest BCUT2D eigenvalue weighted by Gasteiger charge is -2.17. The summed E-state index contributed by atoms with van der Waals surface area (Å²) in [5.74, 6) is 0.0488. The lowest BCUT2D eigenvalue weighted by Crippen LogP contribution is -2.17. The SMILES string of the molecule is CC(c1oc2cccc(F)c2c(=O)c1-c1ccccc1)n1nc(I)c2c(N)ncnc21. The van der Waals surface area contributed by atoms with Crippen LogP contribution in [0.2, 0.25) is 0 Å². The Hall–Kier alpha value is -3.34. The highest BCUT2D eigenvalue weighted by atomic mass is 127. The largest absolute Gasteiger partial charge is 0.458 e. The van der Waals surface area contributed by atoms with Crippen LogP contribution in [0, 0.1) is 9.52 Å². The van der Waals surface area contributed by atoms with Gasteiger partial charge in [0.05, 0.1) is 10.9 Å². The first-order valence-corrected chi connectivity index (χ1v) is 10.5. The summed E-state index contributed by atoms with van der Waals surface area (Å²) in [5.41, 5.74) is 7.19. The van der Waals surface area contributed by atoms with Gasteiger partial charge >= 0.3 is 0 Å². The van der Waals surface area contributed by atoms with Crippen LogP contribution in [-0.2, 0) is 0 Å². The summed E-state index contributed by atoms with van der Waals surface area (Å²) in [6.07, 6.45) is 1.36. The van der Waals surface area contributed by atoms with Crippen molar-refractivity contribution in [3.63, 3.8) is 0 Å². The molecular formula is C22H15FIN5O2. The van der Waals surface area contributed by atoms with Crippen LogP contribution in [0.15, 0.2) is 64.1 Å². The highest BCUT2D eigenvalue weighted by Crippen LogP contribution is 2.34. The van der Waals surface area contributed by atoms with E-state index in [0.717, 1.165) is 0 Å². The van der Waals surface area contributed by atoms with Crippen LogP contribution in [0.1, 0.15) is 18.7 Å². The summed E-state index contributed by atoms with van der Waals surface area (Å²) in [6.45, 7) is 1.84. The molecule has 0 saturated carbocycles. The molecule has 0 saturated heterocycles. The minimum atomic E-state index is -0.623. The van der Waals surface area contributed by atoms with Gasteiger partial charge in [-0.3, -0.25) is 4.79 Å². The van der Waals surface area contributed by atoms with E-state index in [4.69, 9.17) is 10.2 Å². The molecule has 5 rings (SSSR count). The molecule has 0 aliphatic rings. The number of benzene rings is 2. The van der Waals surface area contributed by atoms with E-state index in [2.05, 4.69) is 37.7 Å².